The van der Waals surface area contributed by atoms with Crippen molar-refractivity contribution in [2.45, 2.75) is 18.0 Å². The Balaban J connectivity index is 5.17. The zero-order valence-electron chi connectivity index (χ0n) is 6.26. The molecule has 0 aromatic carbocycles. The molecule has 0 saturated heterocycles. The van der Waals surface area contributed by atoms with E-state index < -0.39 is 24.6 Å². The van der Waals surface area contributed by atoms with Crippen molar-refractivity contribution in [1.29, 1.82) is 0 Å². The van der Waals surface area contributed by atoms with Crippen molar-refractivity contribution >= 4 is 0 Å². The average Bonchev–Trinajstić information content (AvgIpc) is 1.84. The Labute approximate surface area is 68.5 Å². The van der Waals surface area contributed by atoms with Gasteiger partial charge in [0.1, 0.15) is 6.67 Å². The van der Waals surface area contributed by atoms with E-state index in [1.165, 1.54) is 0 Å². The number of methoxy groups -OCH3 is 1. The maximum atomic E-state index is 11.8. The Morgan fingerprint density at radius 1 is 0.923 bits per heavy atom. The molecule has 0 amide bonds. The summed E-state index contributed by atoms with van der Waals surface area (Å²) in [6, 6.07) is 0. The van der Waals surface area contributed by atoms with Crippen molar-refractivity contribution in [3.8, 4) is 0 Å². The molecule has 13 heavy (non-hydrogen) atoms. The Kier molecular flexibility index (Phi) is 3.18. The lowest BCUT2D eigenvalue weighted by Crippen LogP contribution is -2.59. The average molecular weight is 214 g/mol. The third-order valence-corrected chi connectivity index (χ3v) is 1.45. The van der Waals surface area contributed by atoms with Gasteiger partial charge >= 0.3 is 12.4 Å². The van der Waals surface area contributed by atoms with Gasteiger partial charge in [0, 0.05) is 7.11 Å². The molecule has 0 aliphatic rings. The number of hydrogen-bond donors (Lipinski definition) is 0. The van der Waals surface area contributed by atoms with E-state index in [9.17, 15) is 30.7 Å². The van der Waals surface area contributed by atoms with Crippen LogP contribution >= 0.6 is 0 Å². The molecule has 0 unspecified atom stereocenters. The Bertz CT molecular complexity index is 149. The van der Waals surface area contributed by atoms with Crippen LogP contribution in [0.2, 0.25) is 0 Å². The summed E-state index contributed by atoms with van der Waals surface area (Å²) in [4.78, 5) is 0. The SMILES string of the molecule is COC(CF)(C(F)(F)F)C(F)(F)F. The minimum absolute atomic E-state index is 0.153. The molecule has 0 rings (SSSR count). The molecule has 0 heterocycles. The van der Waals surface area contributed by atoms with Gasteiger partial charge in [0.15, 0.2) is 0 Å². The molecule has 0 aromatic rings. The molecule has 0 N–H and O–H groups in total. The van der Waals surface area contributed by atoms with Crippen LogP contribution < -0.4 is 0 Å². The van der Waals surface area contributed by atoms with Crippen molar-refractivity contribution in [2.24, 2.45) is 0 Å². The molecular weight excluding hydrogens is 209 g/mol. The highest BCUT2D eigenvalue weighted by molar-refractivity contribution is 4.95. The van der Waals surface area contributed by atoms with Gasteiger partial charge in [0.05, 0.1) is 0 Å². The fraction of sp³-hybridized carbons (Fsp3) is 1.00. The van der Waals surface area contributed by atoms with Crippen molar-refractivity contribution in [2.75, 3.05) is 13.8 Å². The highest BCUT2D eigenvalue weighted by Crippen LogP contribution is 2.45. The van der Waals surface area contributed by atoms with Crippen LogP contribution in [-0.2, 0) is 4.74 Å². The van der Waals surface area contributed by atoms with Crippen LogP contribution in [0, 0.1) is 0 Å². The second kappa shape index (κ2) is 3.32. The molecule has 0 atom stereocenters. The molecule has 0 aliphatic carbocycles. The Hall–Kier alpha value is -0.530. The first-order valence-corrected chi connectivity index (χ1v) is 2.87. The summed E-state index contributed by atoms with van der Waals surface area (Å²) in [5.41, 5.74) is -4.71. The normalized spacial score (nSPS) is 14.8. The molecule has 0 saturated carbocycles. The first-order chi connectivity index (χ1) is 5.62. The maximum absolute atomic E-state index is 11.8. The fourth-order valence-corrected chi connectivity index (χ4v) is 0.598. The van der Waals surface area contributed by atoms with E-state index >= 15 is 0 Å². The number of halogens is 7. The van der Waals surface area contributed by atoms with Crippen molar-refractivity contribution in [3.63, 3.8) is 0 Å². The quantitative estimate of drug-likeness (QED) is 0.641. The molecular formula is C5H5F7O. The third-order valence-electron chi connectivity index (χ3n) is 1.45. The third kappa shape index (κ3) is 1.87. The summed E-state index contributed by atoms with van der Waals surface area (Å²) in [6.45, 7) is -2.70. The van der Waals surface area contributed by atoms with Gasteiger partial charge in [-0.3, -0.25) is 0 Å². The first kappa shape index (κ1) is 12.5. The van der Waals surface area contributed by atoms with Gasteiger partial charge in [-0.1, -0.05) is 0 Å². The molecule has 80 valence electrons. The molecule has 0 fully saturated rings. The van der Waals surface area contributed by atoms with Gasteiger partial charge < -0.3 is 4.74 Å². The van der Waals surface area contributed by atoms with E-state index in [1.54, 1.807) is 0 Å². The van der Waals surface area contributed by atoms with Crippen LogP contribution in [0.4, 0.5) is 30.7 Å². The lowest BCUT2D eigenvalue weighted by Gasteiger charge is -2.33. The van der Waals surface area contributed by atoms with Crippen molar-refractivity contribution in [3.05, 3.63) is 0 Å². The van der Waals surface area contributed by atoms with Gasteiger partial charge in [-0.05, 0) is 0 Å². The topological polar surface area (TPSA) is 9.23 Å². The molecule has 0 radical (unpaired) electrons. The molecule has 0 spiro atoms. The van der Waals surface area contributed by atoms with Crippen LogP contribution in [-0.4, -0.2) is 31.7 Å². The lowest BCUT2D eigenvalue weighted by atomic mass is 10.1. The van der Waals surface area contributed by atoms with Crippen LogP contribution in [0.3, 0.4) is 0 Å². The lowest BCUT2D eigenvalue weighted by molar-refractivity contribution is -0.377. The zero-order valence-corrected chi connectivity index (χ0v) is 6.26. The van der Waals surface area contributed by atoms with Crippen LogP contribution in [0.15, 0.2) is 0 Å². The first-order valence-electron chi connectivity index (χ1n) is 2.87. The van der Waals surface area contributed by atoms with Crippen molar-refractivity contribution < 1.29 is 35.5 Å². The van der Waals surface area contributed by atoms with Crippen LogP contribution in [0.5, 0.6) is 0 Å². The van der Waals surface area contributed by atoms with Crippen LogP contribution in [0.25, 0.3) is 0 Å². The second-order valence-electron chi connectivity index (χ2n) is 2.16. The largest absolute Gasteiger partial charge is 0.429 e. The maximum Gasteiger partial charge on any atom is 0.429 e. The van der Waals surface area contributed by atoms with Crippen LogP contribution in [0.1, 0.15) is 0 Å². The second-order valence-corrected chi connectivity index (χ2v) is 2.16. The van der Waals surface area contributed by atoms with Gasteiger partial charge in [-0.15, -0.1) is 0 Å². The Morgan fingerprint density at radius 3 is 1.23 bits per heavy atom. The fourth-order valence-electron chi connectivity index (χ4n) is 0.598. The smallest absolute Gasteiger partial charge is 0.359 e. The summed E-state index contributed by atoms with van der Waals surface area (Å²) in [6.07, 6.45) is -11.6. The van der Waals surface area contributed by atoms with Gasteiger partial charge in [0.25, 0.3) is 5.60 Å². The highest BCUT2D eigenvalue weighted by Gasteiger charge is 2.72. The summed E-state index contributed by atoms with van der Waals surface area (Å²) in [7, 11) is 0.153. The standard InChI is InChI=1S/C5H5F7O/c1-13-3(2-6,4(7,8)9)5(10,11)12/h2H2,1H3. The number of rotatable bonds is 2. The zero-order chi connectivity index (χ0) is 10.9. The van der Waals surface area contributed by atoms with E-state index in [0.717, 1.165) is 0 Å². The summed E-state index contributed by atoms with van der Waals surface area (Å²) < 4.78 is 85.7. The minimum Gasteiger partial charge on any atom is -0.359 e. The number of alkyl halides is 7. The molecule has 1 nitrogen and oxygen atoms in total. The number of ether oxygens (including phenoxy) is 1. The molecule has 0 aliphatic heterocycles. The predicted molar refractivity (Wildman–Crippen MR) is 27.8 cm³/mol. The molecule has 0 aromatic heterocycles. The number of hydrogen-bond acceptors (Lipinski definition) is 1. The predicted octanol–water partition coefficient (Wildman–Crippen LogP) is 2.47. The van der Waals surface area contributed by atoms with Gasteiger partial charge in [-0.25, -0.2) is 4.39 Å². The van der Waals surface area contributed by atoms with Gasteiger partial charge in [0.2, 0.25) is 0 Å². The Morgan fingerprint density at radius 2 is 1.23 bits per heavy atom. The molecule has 0 bridgehead atoms. The summed E-state index contributed by atoms with van der Waals surface area (Å²) >= 11 is 0. The monoisotopic (exact) mass is 214 g/mol. The molecule has 8 heteroatoms. The van der Waals surface area contributed by atoms with E-state index in [2.05, 4.69) is 4.74 Å². The van der Waals surface area contributed by atoms with E-state index in [0.29, 0.717) is 0 Å². The summed E-state index contributed by atoms with van der Waals surface area (Å²) in [5, 5.41) is 0. The van der Waals surface area contributed by atoms with E-state index in [4.69, 9.17) is 0 Å². The summed E-state index contributed by atoms with van der Waals surface area (Å²) in [5.74, 6) is 0. The van der Waals surface area contributed by atoms with E-state index in [-0.39, 0.29) is 7.11 Å². The minimum atomic E-state index is -5.82. The van der Waals surface area contributed by atoms with E-state index in [1.807, 2.05) is 0 Å². The van der Waals surface area contributed by atoms with Gasteiger partial charge in [-0.2, -0.15) is 26.3 Å². The highest BCUT2D eigenvalue weighted by atomic mass is 19.4. The van der Waals surface area contributed by atoms with Crippen molar-refractivity contribution in [1.82, 2.24) is 0 Å².